The van der Waals surface area contributed by atoms with Crippen LogP contribution in [0.2, 0.25) is 0 Å². The molecule has 0 bridgehead atoms. The molecule has 32 heavy (non-hydrogen) atoms. The van der Waals surface area contributed by atoms with E-state index in [1.807, 2.05) is 12.1 Å². The fraction of sp³-hybridized carbons (Fsp3) is 0.0833. The van der Waals surface area contributed by atoms with Gasteiger partial charge in [0, 0.05) is 23.3 Å². The van der Waals surface area contributed by atoms with Gasteiger partial charge in [-0.15, -0.1) is 0 Å². The van der Waals surface area contributed by atoms with Crippen molar-refractivity contribution < 1.29 is 18.0 Å². The highest BCUT2D eigenvalue weighted by Gasteiger charge is 2.31. The second kappa shape index (κ2) is 8.47. The van der Waals surface area contributed by atoms with Crippen molar-refractivity contribution in [2.24, 2.45) is 0 Å². The Morgan fingerprint density at radius 1 is 0.969 bits per heavy atom. The molecule has 0 saturated carbocycles. The zero-order chi connectivity index (χ0) is 22.7. The number of halogens is 3. The third kappa shape index (κ3) is 4.27. The average Bonchev–Trinajstić information content (AvgIpc) is 2.81. The molecule has 2 aromatic carbocycles. The molecule has 0 spiro atoms. The maximum Gasteiger partial charge on any atom is 0.416 e. The first-order valence-electron chi connectivity index (χ1n) is 9.54. The van der Waals surface area contributed by atoms with E-state index < -0.39 is 23.7 Å². The third-order valence-corrected chi connectivity index (χ3v) is 4.95. The van der Waals surface area contributed by atoms with Crippen molar-refractivity contribution in [2.45, 2.75) is 12.2 Å². The minimum Gasteiger partial charge on any atom is -0.339 e. The van der Waals surface area contributed by atoms with E-state index in [4.69, 9.17) is 0 Å². The fourth-order valence-corrected chi connectivity index (χ4v) is 3.34. The van der Waals surface area contributed by atoms with Crippen LogP contribution in [0, 0.1) is 11.3 Å². The molecule has 0 radical (unpaired) electrons. The molecule has 4 aromatic rings. The SMILES string of the molecule is N#Cc1cccnc1C(NC(=O)c1ccc2cccnc2c1)c1ccc(C(F)(F)F)cc1. The van der Waals surface area contributed by atoms with Gasteiger partial charge < -0.3 is 5.32 Å². The Hall–Kier alpha value is -4.25. The largest absolute Gasteiger partial charge is 0.416 e. The van der Waals surface area contributed by atoms with Crippen molar-refractivity contribution in [1.82, 2.24) is 15.3 Å². The standard InChI is InChI=1S/C24H15F3N4O/c25-24(26,27)19-9-7-16(8-10-19)22(21-18(14-28)4-2-12-30-21)31-23(32)17-6-5-15-3-1-11-29-20(15)13-17/h1-13,22H,(H,31,32). The van der Waals surface area contributed by atoms with E-state index in [1.165, 1.54) is 24.4 Å². The summed E-state index contributed by atoms with van der Waals surface area (Å²) >= 11 is 0. The Morgan fingerprint density at radius 3 is 2.41 bits per heavy atom. The number of nitrogens with one attached hydrogen (secondary N) is 1. The number of benzene rings is 2. The Kier molecular flexibility index (Phi) is 5.56. The summed E-state index contributed by atoms with van der Waals surface area (Å²) in [7, 11) is 0. The minimum atomic E-state index is -4.49. The minimum absolute atomic E-state index is 0.206. The summed E-state index contributed by atoms with van der Waals surface area (Å²) in [5.41, 5.74) is 0.943. The topological polar surface area (TPSA) is 78.7 Å². The molecule has 0 fully saturated rings. The molecule has 0 saturated heterocycles. The summed E-state index contributed by atoms with van der Waals surface area (Å²) in [6.45, 7) is 0. The number of fused-ring (bicyclic) bond motifs is 1. The van der Waals surface area contributed by atoms with E-state index in [0.29, 0.717) is 16.6 Å². The number of hydrogen-bond acceptors (Lipinski definition) is 4. The van der Waals surface area contributed by atoms with Crippen molar-refractivity contribution in [3.63, 3.8) is 0 Å². The van der Waals surface area contributed by atoms with Gasteiger partial charge >= 0.3 is 6.18 Å². The summed E-state index contributed by atoms with van der Waals surface area (Å²) in [4.78, 5) is 21.5. The number of amides is 1. The van der Waals surface area contributed by atoms with Crippen molar-refractivity contribution in [3.05, 3.63) is 107 Å². The van der Waals surface area contributed by atoms with Gasteiger partial charge in [0.1, 0.15) is 6.07 Å². The lowest BCUT2D eigenvalue weighted by Crippen LogP contribution is -2.30. The van der Waals surface area contributed by atoms with Crippen LogP contribution in [-0.4, -0.2) is 15.9 Å². The highest BCUT2D eigenvalue weighted by Crippen LogP contribution is 2.31. The van der Waals surface area contributed by atoms with Crippen molar-refractivity contribution >= 4 is 16.8 Å². The van der Waals surface area contributed by atoms with Crippen LogP contribution in [0.3, 0.4) is 0 Å². The van der Waals surface area contributed by atoms with Crippen molar-refractivity contribution in [2.75, 3.05) is 0 Å². The third-order valence-electron chi connectivity index (χ3n) is 4.95. The predicted molar refractivity (Wildman–Crippen MR) is 111 cm³/mol. The van der Waals surface area contributed by atoms with Crippen LogP contribution in [0.15, 0.2) is 79.1 Å². The van der Waals surface area contributed by atoms with Crippen LogP contribution >= 0.6 is 0 Å². The molecule has 0 aliphatic heterocycles. The second-order valence-corrected chi connectivity index (χ2v) is 6.99. The van der Waals surface area contributed by atoms with Crippen molar-refractivity contribution in [1.29, 1.82) is 5.26 Å². The van der Waals surface area contributed by atoms with Gasteiger partial charge in [-0.05, 0) is 48.0 Å². The maximum absolute atomic E-state index is 13.0. The lowest BCUT2D eigenvalue weighted by atomic mass is 9.98. The molecular weight excluding hydrogens is 417 g/mol. The number of nitrogens with zero attached hydrogens (tertiary/aromatic N) is 3. The Balaban J connectivity index is 1.73. The van der Waals surface area contributed by atoms with Gasteiger partial charge in [-0.2, -0.15) is 18.4 Å². The number of rotatable bonds is 4. The summed E-state index contributed by atoms with van der Waals surface area (Å²) in [5, 5.41) is 13.1. The summed E-state index contributed by atoms with van der Waals surface area (Å²) < 4.78 is 39.0. The molecule has 1 N–H and O–H groups in total. The smallest absolute Gasteiger partial charge is 0.339 e. The van der Waals surface area contributed by atoms with E-state index in [0.717, 1.165) is 17.5 Å². The molecule has 2 aromatic heterocycles. The Bertz CT molecular complexity index is 1330. The first kappa shape index (κ1) is 21.0. The molecule has 5 nitrogen and oxygen atoms in total. The summed E-state index contributed by atoms with van der Waals surface area (Å²) in [6.07, 6.45) is -1.42. The van der Waals surface area contributed by atoms with Gasteiger partial charge in [0.2, 0.25) is 0 Å². The van der Waals surface area contributed by atoms with Crippen LogP contribution in [-0.2, 0) is 6.18 Å². The van der Waals surface area contributed by atoms with Crippen LogP contribution in [0.1, 0.15) is 38.8 Å². The van der Waals surface area contributed by atoms with Gasteiger partial charge in [-0.25, -0.2) is 0 Å². The van der Waals surface area contributed by atoms with E-state index in [9.17, 15) is 23.2 Å². The average molecular weight is 432 g/mol. The van der Waals surface area contributed by atoms with Gasteiger partial charge in [-0.3, -0.25) is 14.8 Å². The van der Waals surface area contributed by atoms with Crippen LogP contribution in [0.5, 0.6) is 0 Å². The zero-order valence-corrected chi connectivity index (χ0v) is 16.5. The molecule has 1 atom stereocenters. The number of carbonyl (C=O) groups excluding carboxylic acids is 1. The number of aromatic nitrogens is 2. The molecule has 158 valence electrons. The van der Waals surface area contributed by atoms with Crippen molar-refractivity contribution in [3.8, 4) is 6.07 Å². The zero-order valence-electron chi connectivity index (χ0n) is 16.5. The van der Waals surface area contributed by atoms with E-state index in [2.05, 4.69) is 15.3 Å². The van der Waals surface area contributed by atoms with Gasteiger partial charge in [0.15, 0.2) is 0 Å². The van der Waals surface area contributed by atoms with E-state index in [-0.39, 0.29) is 11.3 Å². The molecule has 8 heteroatoms. The Labute approximate surface area is 181 Å². The highest BCUT2D eigenvalue weighted by atomic mass is 19.4. The van der Waals surface area contributed by atoms with Crippen LogP contribution in [0.25, 0.3) is 10.9 Å². The van der Waals surface area contributed by atoms with Gasteiger partial charge in [0.05, 0.1) is 28.4 Å². The lowest BCUT2D eigenvalue weighted by Gasteiger charge is -2.20. The summed E-state index contributed by atoms with van der Waals surface area (Å²) in [5.74, 6) is -0.475. The van der Waals surface area contributed by atoms with Crippen LogP contribution in [0.4, 0.5) is 13.2 Å². The van der Waals surface area contributed by atoms with E-state index in [1.54, 1.807) is 36.5 Å². The first-order valence-corrected chi connectivity index (χ1v) is 9.54. The number of carbonyl (C=O) groups is 1. The molecular formula is C24H15F3N4O. The normalized spacial score (nSPS) is 12.2. The number of hydrogen-bond donors (Lipinski definition) is 1. The van der Waals surface area contributed by atoms with Gasteiger partial charge in [0.25, 0.3) is 5.91 Å². The number of nitriles is 1. The Morgan fingerprint density at radius 2 is 1.69 bits per heavy atom. The monoisotopic (exact) mass is 432 g/mol. The van der Waals surface area contributed by atoms with E-state index >= 15 is 0 Å². The number of pyridine rings is 2. The quantitative estimate of drug-likeness (QED) is 0.490. The molecule has 2 heterocycles. The molecule has 1 amide bonds. The highest BCUT2D eigenvalue weighted by molar-refractivity contribution is 5.98. The fourth-order valence-electron chi connectivity index (χ4n) is 3.34. The summed E-state index contributed by atoms with van der Waals surface area (Å²) in [6, 6.07) is 17.3. The molecule has 0 aliphatic carbocycles. The maximum atomic E-state index is 13.0. The second-order valence-electron chi connectivity index (χ2n) is 6.99. The molecule has 4 rings (SSSR count). The molecule has 1 unspecified atom stereocenters. The first-order chi connectivity index (χ1) is 15.4. The van der Waals surface area contributed by atoms with Crippen LogP contribution < -0.4 is 5.32 Å². The predicted octanol–water partition coefficient (Wildman–Crippen LogP) is 5.04. The van der Waals surface area contributed by atoms with Gasteiger partial charge in [-0.1, -0.05) is 24.3 Å². The molecule has 0 aliphatic rings. The lowest BCUT2D eigenvalue weighted by molar-refractivity contribution is -0.137. The number of alkyl halides is 3.